The summed E-state index contributed by atoms with van der Waals surface area (Å²) in [5.41, 5.74) is 2.31. The van der Waals surface area contributed by atoms with Crippen LogP contribution in [0.4, 0.5) is 0 Å². The summed E-state index contributed by atoms with van der Waals surface area (Å²) in [5.74, 6) is -0.508. The highest BCUT2D eigenvalue weighted by Crippen LogP contribution is 2.51. The fourth-order valence-electron chi connectivity index (χ4n) is 5.24. The number of ether oxygens (including phenoxy) is 2. The molecule has 2 aromatic rings. The number of carbonyl (C=O) groups is 2. The number of fused-ring (bicyclic) bond motifs is 3. The maximum Gasteiger partial charge on any atom is 0.247 e. The quantitative estimate of drug-likeness (QED) is 0.334. The first kappa shape index (κ1) is 28.9. The topological polar surface area (TPSA) is 129 Å². The van der Waals surface area contributed by atoms with Crippen LogP contribution in [0.3, 0.4) is 0 Å². The van der Waals surface area contributed by atoms with Gasteiger partial charge in [-0.3, -0.25) is 9.59 Å². The van der Waals surface area contributed by atoms with Crippen LogP contribution in [0, 0.1) is 0 Å². The van der Waals surface area contributed by atoms with Gasteiger partial charge in [0.25, 0.3) is 0 Å². The van der Waals surface area contributed by atoms with E-state index in [-0.39, 0.29) is 38.6 Å². The van der Waals surface area contributed by atoms with Gasteiger partial charge >= 0.3 is 0 Å². The van der Waals surface area contributed by atoms with Crippen LogP contribution in [-0.4, -0.2) is 70.5 Å². The van der Waals surface area contributed by atoms with Crippen molar-refractivity contribution < 1.29 is 34.4 Å². The molecule has 0 fully saturated rings. The molecule has 2 amide bonds. The van der Waals surface area contributed by atoms with Crippen molar-refractivity contribution in [2.75, 3.05) is 20.3 Å². The third-order valence-electron chi connectivity index (χ3n) is 7.19. The first-order valence-corrected chi connectivity index (χ1v) is 13.5. The Labute approximate surface area is 233 Å². The van der Waals surface area contributed by atoms with Gasteiger partial charge in [-0.25, -0.2) is 0 Å². The van der Waals surface area contributed by atoms with E-state index in [0.717, 1.165) is 12.0 Å². The zero-order valence-corrected chi connectivity index (χ0v) is 22.9. The first-order valence-electron chi connectivity index (χ1n) is 13.1. The molecule has 9 nitrogen and oxygen atoms in total. The van der Waals surface area contributed by atoms with Crippen molar-refractivity contribution in [1.29, 1.82) is 0 Å². The van der Waals surface area contributed by atoms with E-state index in [1.54, 1.807) is 35.2 Å². The maximum atomic E-state index is 13.5. The molecule has 1 aliphatic heterocycles. The second-order valence-corrected chi connectivity index (χ2v) is 10.2. The predicted octanol–water partition coefficient (Wildman–Crippen LogP) is 2.68. The van der Waals surface area contributed by atoms with E-state index >= 15 is 0 Å². The Morgan fingerprint density at radius 1 is 1.15 bits per heavy atom. The summed E-state index contributed by atoms with van der Waals surface area (Å²) in [6.07, 6.45) is 1.37. The Morgan fingerprint density at radius 2 is 1.90 bits per heavy atom. The van der Waals surface area contributed by atoms with E-state index in [9.17, 15) is 24.9 Å². The minimum Gasteiger partial charge on any atom is -0.493 e. The van der Waals surface area contributed by atoms with Gasteiger partial charge in [0.15, 0.2) is 11.5 Å². The number of carbonyl (C=O) groups excluding carboxylic acids is 2. The molecule has 0 unspecified atom stereocenters. The van der Waals surface area contributed by atoms with Crippen molar-refractivity contribution in [1.82, 2.24) is 10.2 Å². The third kappa shape index (κ3) is 6.06. The highest BCUT2D eigenvalue weighted by Gasteiger charge is 2.51. The Hall–Kier alpha value is -3.11. The van der Waals surface area contributed by atoms with Gasteiger partial charge in [-0.2, -0.15) is 0 Å². The molecule has 39 heavy (non-hydrogen) atoms. The lowest BCUT2D eigenvalue weighted by Gasteiger charge is -2.41. The van der Waals surface area contributed by atoms with Crippen molar-refractivity contribution in [3.05, 3.63) is 69.8 Å². The molecule has 0 aromatic heterocycles. The molecule has 1 heterocycles. The summed E-state index contributed by atoms with van der Waals surface area (Å²) in [7, 11) is 1.48. The van der Waals surface area contributed by atoms with Crippen molar-refractivity contribution in [2.24, 2.45) is 0 Å². The molecule has 4 atom stereocenters. The number of rotatable bonds is 11. The highest BCUT2D eigenvalue weighted by molar-refractivity contribution is 6.30. The first-order chi connectivity index (χ1) is 18.8. The second kappa shape index (κ2) is 12.8. The standard InChI is InChI=1S/C29H35ClN2O7/c1-3-4-5-24(35)32(15-17-6-8-19(30)9-7-17)22-14-21(29(37)31-10-11-33)25-20-12-18(16-34)13-23(38-2)27(20)39-28(25)26(22)36/h6-9,12-14,22,25-26,28,33-34,36H,3-5,10-11,15-16H2,1-2H3,(H,31,37)/t22-,25+,26+,28+/m1/s1. The summed E-state index contributed by atoms with van der Waals surface area (Å²) >= 11 is 6.06. The molecule has 4 N–H and O–H groups in total. The number of halogens is 1. The highest BCUT2D eigenvalue weighted by atomic mass is 35.5. The Morgan fingerprint density at radius 3 is 2.54 bits per heavy atom. The Kier molecular flexibility index (Phi) is 9.50. The monoisotopic (exact) mass is 558 g/mol. The van der Waals surface area contributed by atoms with Crippen LogP contribution in [0.5, 0.6) is 11.5 Å². The van der Waals surface area contributed by atoms with Gasteiger partial charge in [-0.15, -0.1) is 0 Å². The number of unbranched alkanes of at least 4 members (excludes halogenated alkanes) is 1. The average molecular weight is 559 g/mol. The number of amides is 2. The fourth-order valence-corrected chi connectivity index (χ4v) is 5.36. The van der Waals surface area contributed by atoms with E-state index in [1.165, 1.54) is 7.11 Å². The lowest BCUT2D eigenvalue weighted by Crippen LogP contribution is -2.55. The SMILES string of the molecule is CCCCC(=O)N(Cc1ccc(Cl)cc1)[C@@H]1C=C(C(=O)NCCO)[C@@H]2c3cc(CO)cc(OC)c3O[C@@H]2[C@H]1O. The zero-order chi connectivity index (χ0) is 28.1. The number of nitrogens with zero attached hydrogens (tertiary/aromatic N) is 1. The van der Waals surface area contributed by atoms with Gasteiger partial charge in [0.05, 0.1) is 32.3 Å². The molecule has 0 spiro atoms. The molecule has 10 heteroatoms. The number of nitrogens with one attached hydrogen (secondary N) is 1. The number of aliphatic hydroxyl groups is 3. The third-order valence-corrected chi connectivity index (χ3v) is 7.44. The number of hydrogen-bond donors (Lipinski definition) is 4. The molecule has 0 saturated heterocycles. The summed E-state index contributed by atoms with van der Waals surface area (Å²) in [4.78, 5) is 28.5. The van der Waals surface area contributed by atoms with E-state index < -0.39 is 30.1 Å². The smallest absolute Gasteiger partial charge is 0.247 e. The zero-order valence-electron chi connectivity index (χ0n) is 22.1. The van der Waals surface area contributed by atoms with Gasteiger partial charge in [-0.05, 0) is 47.9 Å². The lowest BCUT2D eigenvalue weighted by atomic mass is 9.77. The molecule has 2 aromatic carbocycles. The normalized spacial score (nSPS) is 21.3. The van der Waals surface area contributed by atoms with E-state index in [0.29, 0.717) is 39.6 Å². The lowest BCUT2D eigenvalue weighted by molar-refractivity contribution is -0.138. The van der Waals surface area contributed by atoms with Crippen LogP contribution in [0.15, 0.2) is 48.0 Å². The molecule has 4 rings (SSSR count). The number of benzene rings is 2. The Balaban J connectivity index is 1.80. The number of aliphatic hydroxyl groups excluding tert-OH is 3. The largest absolute Gasteiger partial charge is 0.493 e. The number of hydrogen-bond acceptors (Lipinski definition) is 7. The van der Waals surface area contributed by atoms with E-state index in [2.05, 4.69) is 5.32 Å². The van der Waals surface area contributed by atoms with Crippen LogP contribution in [0.25, 0.3) is 0 Å². The molecular weight excluding hydrogens is 524 g/mol. The average Bonchev–Trinajstić information content (AvgIpc) is 3.34. The van der Waals surface area contributed by atoms with Gasteiger partial charge in [0.2, 0.25) is 11.8 Å². The van der Waals surface area contributed by atoms with Crippen LogP contribution >= 0.6 is 11.6 Å². The van der Waals surface area contributed by atoms with Crippen molar-refractivity contribution in [3.8, 4) is 11.5 Å². The molecule has 0 saturated carbocycles. The summed E-state index contributed by atoms with van der Waals surface area (Å²) in [5, 5.41) is 34.1. The van der Waals surface area contributed by atoms with E-state index in [1.807, 2.05) is 19.1 Å². The maximum absolute atomic E-state index is 13.5. The van der Waals surface area contributed by atoms with Gasteiger partial charge in [0, 0.05) is 35.7 Å². The molecule has 210 valence electrons. The van der Waals surface area contributed by atoms with Gasteiger partial charge in [0.1, 0.15) is 12.2 Å². The molecular formula is C29H35ClN2O7. The van der Waals surface area contributed by atoms with Crippen LogP contribution in [0.2, 0.25) is 5.02 Å². The van der Waals surface area contributed by atoms with E-state index in [4.69, 9.17) is 21.1 Å². The van der Waals surface area contributed by atoms with Crippen LogP contribution in [-0.2, 0) is 22.7 Å². The summed E-state index contributed by atoms with van der Waals surface area (Å²) in [6.45, 7) is 1.75. The summed E-state index contributed by atoms with van der Waals surface area (Å²) in [6, 6.07) is 9.65. The molecule has 0 bridgehead atoms. The molecule has 1 aliphatic carbocycles. The van der Waals surface area contributed by atoms with Crippen molar-refractivity contribution >= 4 is 23.4 Å². The molecule has 2 aliphatic rings. The van der Waals surface area contributed by atoms with Crippen molar-refractivity contribution in [3.63, 3.8) is 0 Å². The van der Waals surface area contributed by atoms with Gasteiger partial charge < -0.3 is 35.0 Å². The Bertz CT molecular complexity index is 1220. The number of methoxy groups -OCH3 is 1. The van der Waals surface area contributed by atoms with Crippen molar-refractivity contribution in [2.45, 2.75) is 63.5 Å². The minimum atomic E-state index is -1.17. The predicted molar refractivity (Wildman–Crippen MR) is 146 cm³/mol. The van der Waals surface area contributed by atoms with Crippen LogP contribution in [0.1, 0.15) is 48.8 Å². The summed E-state index contributed by atoms with van der Waals surface area (Å²) < 4.78 is 11.8. The van der Waals surface area contributed by atoms with Crippen LogP contribution < -0.4 is 14.8 Å². The fraction of sp³-hybridized carbons (Fsp3) is 0.448. The second-order valence-electron chi connectivity index (χ2n) is 9.77. The minimum absolute atomic E-state index is 0.0401. The van der Waals surface area contributed by atoms with Gasteiger partial charge in [-0.1, -0.05) is 37.1 Å². The molecule has 0 radical (unpaired) electrons.